The Morgan fingerprint density at radius 3 is 1.76 bits per heavy atom. The van der Waals surface area contributed by atoms with E-state index in [1.165, 1.54) is 0 Å². The first-order valence-corrected chi connectivity index (χ1v) is 9.30. The molecule has 0 aromatic rings. The summed E-state index contributed by atoms with van der Waals surface area (Å²) in [6, 6.07) is 0.0413. The third-order valence-corrected chi connectivity index (χ3v) is 5.20. The molecule has 6 nitrogen and oxygen atoms in total. The second-order valence-corrected chi connectivity index (χ2v) is 7.00. The first-order valence-electron chi connectivity index (χ1n) is 8.15. The van der Waals surface area contributed by atoms with Gasteiger partial charge in [0.05, 0.1) is 23.6 Å². The van der Waals surface area contributed by atoms with Crippen molar-refractivity contribution in [2.45, 2.75) is 12.1 Å². The van der Waals surface area contributed by atoms with Crippen molar-refractivity contribution in [2.24, 2.45) is 21.5 Å². The van der Waals surface area contributed by atoms with E-state index in [4.69, 9.17) is 21.5 Å². The van der Waals surface area contributed by atoms with Crippen LogP contribution in [0, 0.1) is 0 Å². The van der Waals surface area contributed by atoms with E-state index >= 15 is 0 Å². The number of fused-ring (bicyclic) bond motifs is 2. The van der Waals surface area contributed by atoms with Crippen LogP contribution in [0.4, 0.5) is 0 Å². The molecule has 2 heterocycles. The zero-order chi connectivity index (χ0) is 17.2. The number of amidine groups is 2. The van der Waals surface area contributed by atoms with Crippen LogP contribution < -0.4 is 22.1 Å². The molecule has 0 fully saturated rings. The number of rotatable bonds is 4. The van der Waals surface area contributed by atoms with Gasteiger partial charge < -0.3 is 22.1 Å². The van der Waals surface area contributed by atoms with Crippen LogP contribution in [0.1, 0.15) is 0 Å². The van der Waals surface area contributed by atoms with E-state index in [1.54, 1.807) is 11.8 Å². The maximum Gasteiger partial charge on any atom is 0.113 e. The summed E-state index contributed by atoms with van der Waals surface area (Å²) in [5.74, 6) is 4.61. The zero-order valence-electron chi connectivity index (χ0n) is 13.6. The van der Waals surface area contributed by atoms with Crippen molar-refractivity contribution in [1.29, 1.82) is 0 Å². The van der Waals surface area contributed by atoms with Gasteiger partial charge in [0.15, 0.2) is 0 Å². The number of allylic oxidation sites excluding steroid dienone is 4. The lowest BCUT2D eigenvalue weighted by atomic mass is 10.0. The highest BCUT2D eigenvalue weighted by Gasteiger charge is 2.22. The fourth-order valence-corrected chi connectivity index (χ4v) is 3.81. The van der Waals surface area contributed by atoms with Crippen molar-refractivity contribution < 1.29 is 0 Å². The molecule has 0 aromatic carbocycles. The molecular weight excluding hydrogens is 332 g/mol. The Labute approximate surface area is 150 Å². The van der Waals surface area contributed by atoms with E-state index in [0.29, 0.717) is 11.6 Å². The van der Waals surface area contributed by atoms with Gasteiger partial charge in [-0.2, -0.15) is 0 Å². The molecule has 0 amide bonds. The molecule has 0 bridgehead atoms. The highest BCUT2D eigenvalue weighted by Crippen LogP contribution is 2.22. The second kappa shape index (κ2) is 6.68. The van der Waals surface area contributed by atoms with Crippen molar-refractivity contribution in [2.75, 3.05) is 11.5 Å². The van der Waals surface area contributed by atoms with E-state index in [9.17, 15) is 0 Å². The Bertz CT molecular complexity index is 757. The molecule has 4 aliphatic rings. The van der Waals surface area contributed by atoms with Crippen molar-refractivity contribution in [3.05, 3.63) is 71.4 Å². The van der Waals surface area contributed by atoms with Gasteiger partial charge in [-0.05, 0) is 0 Å². The molecule has 2 aliphatic carbocycles. The topological polar surface area (TPSA) is 101 Å². The van der Waals surface area contributed by atoms with Crippen LogP contribution in [0.2, 0.25) is 0 Å². The molecule has 7 heteroatoms. The molecule has 0 radical (unpaired) electrons. The average Bonchev–Trinajstić information content (AvgIpc) is 2.62. The third kappa shape index (κ3) is 3.28. The van der Waals surface area contributed by atoms with Gasteiger partial charge in [0.2, 0.25) is 0 Å². The van der Waals surface area contributed by atoms with E-state index < -0.39 is 0 Å². The smallest absolute Gasteiger partial charge is 0.113 e. The minimum absolute atomic E-state index is 0.0206. The molecule has 2 aliphatic heterocycles. The first-order chi connectivity index (χ1) is 12.2. The fraction of sp³-hybridized carbons (Fsp3) is 0.222. The molecule has 0 aromatic heterocycles. The van der Waals surface area contributed by atoms with Gasteiger partial charge >= 0.3 is 0 Å². The van der Waals surface area contributed by atoms with Crippen LogP contribution >= 0.6 is 11.8 Å². The molecule has 0 spiro atoms. The number of hydrogen-bond donors (Lipinski definition) is 4. The number of hydrogen-bond acceptors (Lipinski definition) is 7. The van der Waals surface area contributed by atoms with Crippen LogP contribution in [0.3, 0.4) is 0 Å². The third-order valence-electron chi connectivity index (χ3n) is 4.25. The predicted octanol–water partition coefficient (Wildman–Crippen LogP) is 1.05. The summed E-state index contributed by atoms with van der Waals surface area (Å²) in [6.07, 6.45) is 16.1. The average molecular weight is 352 g/mol. The first kappa shape index (κ1) is 15.8. The van der Waals surface area contributed by atoms with E-state index in [0.717, 1.165) is 34.3 Å². The van der Waals surface area contributed by atoms with Crippen molar-refractivity contribution in [3.63, 3.8) is 0 Å². The second-order valence-electron chi connectivity index (χ2n) is 6.01. The molecular formula is C18H20N6S. The molecule has 128 valence electrons. The molecule has 25 heavy (non-hydrogen) atoms. The Kier molecular flexibility index (Phi) is 4.23. The summed E-state index contributed by atoms with van der Waals surface area (Å²) in [6.45, 7) is 0. The van der Waals surface area contributed by atoms with Crippen LogP contribution in [0.15, 0.2) is 81.4 Å². The monoisotopic (exact) mass is 352 g/mol. The zero-order valence-corrected chi connectivity index (χ0v) is 14.5. The summed E-state index contributed by atoms with van der Waals surface area (Å²) >= 11 is 1.72. The minimum atomic E-state index is 0.0206. The van der Waals surface area contributed by atoms with Crippen molar-refractivity contribution in [3.8, 4) is 0 Å². The van der Waals surface area contributed by atoms with Crippen molar-refractivity contribution in [1.82, 2.24) is 10.6 Å². The molecule has 0 unspecified atom stereocenters. The van der Waals surface area contributed by atoms with Gasteiger partial charge in [-0.25, -0.2) is 0 Å². The fourth-order valence-electron chi connectivity index (χ4n) is 3.03. The van der Waals surface area contributed by atoms with E-state index in [-0.39, 0.29) is 12.1 Å². The highest BCUT2D eigenvalue weighted by atomic mass is 32.2. The summed E-state index contributed by atoms with van der Waals surface area (Å²) in [7, 11) is 0. The Morgan fingerprint density at radius 2 is 1.28 bits per heavy atom. The Balaban J connectivity index is 1.35. The van der Waals surface area contributed by atoms with Gasteiger partial charge in [0.25, 0.3) is 0 Å². The van der Waals surface area contributed by atoms with Gasteiger partial charge in [-0.1, -0.05) is 48.6 Å². The Morgan fingerprint density at radius 1 is 0.800 bits per heavy atom. The van der Waals surface area contributed by atoms with Gasteiger partial charge in [0, 0.05) is 11.1 Å². The highest BCUT2D eigenvalue weighted by molar-refractivity contribution is 8.00. The quantitative estimate of drug-likeness (QED) is 0.606. The SMILES string of the molecule is NC1=C2C=CC=C[C@H]2N=C(CSCC2=N[C@@H]3C=CC=CC3=C(N)N2)N1. The van der Waals surface area contributed by atoms with E-state index in [2.05, 4.69) is 22.8 Å². The summed E-state index contributed by atoms with van der Waals surface area (Å²) < 4.78 is 0. The lowest BCUT2D eigenvalue weighted by Gasteiger charge is -2.25. The number of nitrogens with one attached hydrogen (secondary N) is 2. The van der Waals surface area contributed by atoms with Crippen LogP contribution in [0.5, 0.6) is 0 Å². The van der Waals surface area contributed by atoms with Crippen molar-refractivity contribution >= 4 is 23.4 Å². The normalized spacial score (nSPS) is 26.6. The maximum absolute atomic E-state index is 6.11. The minimum Gasteiger partial charge on any atom is -0.385 e. The van der Waals surface area contributed by atoms with Gasteiger partial charge in [-0.15, -0.1) is 11.8 Å². The maximum atomic E-state index is 6.11. The Hall–Kier alpha value is -2.67. The number of nitrogens with zero attached hydrogens (tertiary/aromatic N) is 2. The van der Waals surface area contributed by atoms with Crippen LogP contribution in [-0.4, -0.2) is 35.3 Å². The number of nitrogens with two attached hydrogens (primary N) is 2. The molecule has 0 saturated carbocycles. The largest absolute Gasteiger partial charge is 0.385 e. The summed E-state index contributed by atoms with van der Waals surface area (Å²) in [5, 5.41) is 6.39. The number of aliphatic imine (C=N–C) groups is 2. The lowest BCUT2D eigenvalue weighted by molar-refractivity contribution is 0.857. The predicted molar refractivity (Wildman–Crippen MR) is 105 cm³/mol. The molecule has 6 N–H and O–H groups in total. The summed E-state index contributed by atoms with van der Waals surface area (Å²) in [5.41, 5.74) is 14.3. The van der Waals surface area contributed by atoms with Crippen LogP contribution in [-0.2, 0) is 0 Å². The van der Waals surface area contributed by atoms with Gasteiger partial charge in [0.1, 0.15) is 23.3 Å². The van der Waals surface area contributed by atoms with Crippen LogP contribution in [0.25, 0.3) is 0 Å². The summed E-state index contributed by atoms with van der Waals surface area (Å²) in [4.78, 5) is 9.42. The number of thioether (sulfide) groups is 1. The molecule has 2 atom stereocenters. The molecule has 0 saturated heterocycles. The van der Waals surface area contributed by atoms with E-state index in [1.807, 2.05) is 36.5 Å². The lowest BCUT2D eigenvalue weighted by Crippen LogP contribution is -2.39. The molecule has 4 rings (SSSR count). The standard InChI is InChI=1S/C18H20N6S/c19-17-11-5-1-3-7-13(11)21-15(23-17)9-25-10-16-22-14-8-4-2-6-12(14)18(20)24-16/h1-8,13-14H,9-10,19-20H2,(H,21,23)(H,22,24)/t13-,14-/m1/s1. The van der Waals surface area contributed by atoms with Gasteiger partial charge in [-0.3, -0.25) is 9.98 Å².